The number of nitrogens with one attached hydrogen (secondary N) is 1. The van der Waals surface area contributed by atoms with E-state index in [4.69, 9.17) is 0 Å². The van der Waals surface area contributed by atoms with Crippen LogP contribution < -0.4 is 5.32 Å². The molecule has 4 nitrogen and oxygen atoms in total. The summed E-state index contributed by atoms with van der Waals surface area (Å²) in [5.41, 5.74) is 0.909. The van der Waals surface area contributed by atoms with Crippen LogP contribution in [0, 0.1) is 0 Å². The summed E-state index contributed by atoms with van der Waals surface area (Å²) in [6, 6.07) is 6.10. The van der Waals surface area contributed by atoms with Gasteiger partial charge in [0.2, 0.25) is 0 Å². The molecule has 0 aliphatic heterocycles. The topological polar surface area (TPSA) is 69.6 Å². The number of rotatable bonds is 9. The number of phenols is 1. The lowest BCUT2D eigenvalue weighted by molar-refractivity contribution is -0.139. The van der Waals surface area contributed by atoms with E-state index in [1.807, 2.05) is 0 Å². The number of carboxylic acids is 1. The lowest BCUT2D eigenvalue weighted by atomic mass is 10.1. The van der Waals surface area contributed by atoms with Gasteiger partial charge in [-0.3, -0.25) is 4.79 Å². The average Bonchev–Trinajstić information content (AvgIpc) is 2.39. The number of aliphatic carboxylic acids is 1. The molecule has 1 atom stereocenters. The molecule has 1 unspecified atom stereocenters. The molecule has 0 heterocycles. The molecule has 0 aromatic heterocycles. The van der Waals surface area contributed by atoms with Crippen LogP contribution in [0.3, 0.4) is 0 Å². The minimum atomic E-state index is -0.830. The van der Waals surface area contributed by atoms with E-state index in [2.05, 4.69) is 12.2 Å². The maximum atomic E-state index is 11.2. The SMILES string of the molecule is CCCCCCNC(Cc1ccc(O)cc1)C(=O)O. The van der Waals surface area contributed by atoms with E-state index >= 15 is 0 Å². The molecule has 1 rings (SSSR count). The molecule has 0 amide bonds. The predicted molar refractivity (Wildman–Crippen MR) is 75.4 cm³/mol. The zero-order valence-corrected chi connectivity index (χ0v) is 11.4. The smallest absolute Gasteiger partial charge is 0.321 e. The molecule has 0 saturated heterocycles. The van der Waals surface area contributed by atoms with Crippen molar-refractivity contribution in [2.24, 2.45) is 0 Å². The second kappa shape index (κ2) is 8.53. The third kappa shape index (κ3) is 6.25. The number of carboxylic acid groups (broad SMARTS) is 1. The summed E-state index contributed by atoms with van der Waals surface area (Å²) in [5.74, 6) is -0.633. The molecule has 0 spiro atoms. The number of hydrogen-bond donors (Lipinski definition) is 3. The van der Waals surface area contributed by atoms with Crippen molar-refractivity contribution in [3.8, 4) is 5.75 Å². The molecule has 4 heteroatoms. The molecule has 0 fully saturated rings. The van der Waals surface area contributed by atoms with E-state index in [0.717, 1.165) is 24.9 Å². The number of benzene rings is 1. The van der Waals surface area contributed by atoms with Crippen LogP contribution in [0.15, 0.2) is 24.3 Å². The average molecular weight is 265 g/mol. The summed E-state index contributed by atoms with van der Waals surface area (Å²) in [4.78, 5) is 11.2. The van der Waals surface area contributed by atoms with Gasteiger partial charge in [-0.15, -0.1) is 0 Å². The van der Waals surface area contributed by atoms with Crippen LogP contribution >= 0.6 is 0 Å². The van der Waals surface area contributed by atoms with Crippen LogP contribution in [-0.4, -0.2) is 28.8 Å². The van der Waals surface area contributed by atoms with Crippen LogP contribution in [0.25, 0.3) is 0 Å². The van der Waals surface area contributed by atoms with Crippen molar-refractivity contribution in [3.05, 3.63) is 29.8 Å². The van der Waals surface area contributed by atoms with Crippen LogP contribution in [-0.2, 0) is 11.2 Å². The molecule has 3 N–H and O–H groups in total. The van der Waals surface area contributed by atoms with Gasteiger partial charge in [0.25, 0.3) is 0 Å². The fourth-order valence-electron chi connectivity index (χ4n) is 1.94. The zero-order chi connectivity index (χ0) is 14.1. The molecule has 0 radical (unpaired) electrons. The van der Waals surface area contributed by atoms with E-state index in [1.165, 1.54) is 12.8 Å². The second-order valence-corrected chi connectivity index (χ2v) is 4.78. The van der Waals surface area contributed by atoms with Gasteiger partial charge in [-0.2, -0.15) is 0 Å². The predicted octanol–water partition coefficient (Wildman–Crippen LogP) is 2.56. The molecule has 0 aliphatic carbocycles. The number of unbranched alkanes of at least 4 members (excludes halogenated alkanes) is 3. The van der Waals surface area contributed by atoms with Crippen LogP contribution in [0.5, 0.6) is 5.75 Å². The van der Waals surface area contributed by atoms with Crippen LogP contribution in [0.1, 0.15) is 38.2 Å². The van der Waals surface area contributed by atoms with E-state index in [9.17, 15) is 15.0 Å². The highest BCUT2D eigenvalue weighted by Gasteiger charge is 2.16. The molecule has 19 heavy (non-hydrogen) atoms. The molecule has 1 aromatic carbocycles. The van der Waals surface area contributed by atoms with Crippen molar-refractivity contribution in [1.29, 1.82) is 0 Å². The maximum absolute atomic E-state index is 11.2. The van der Waals surface area contributed by atoms with E-state index in [1.54, 1.807) is 24.3 Å². The van der Waals surface area contributed by atoms with Crippen molar-refractivity contribution in [2.45, 2.75) is 45.1 Å². The van der Waals surface area contributed by atoms with Crippen LogP contribution in [0.2, 0.25) is 0 Å². The summed E-state index contributed by atoms with van der Waals surface area (Å²) >= 11 is 0. The molecule has 106 valence electrons. The van der Waals surface area contributed by atoms with Crippen molar-refractivity contribution < 1.29 is 15.0 Å². The fourth-order valence-corrected chi connectivity index (χ4v) is 1.94. The Kier molecular flexibility index (Phi) is 6.97. The van der Waals surface area contributed by atoms with Gasteiger partial charge in [0, 0.05) is 0 Å². The summed E-state index contributed by atoms with van der Waals surface area (Å²) in [7, 11) is 0. The standard InChI is InChI=1S/C15H23NO3/c1-2-3-4-5-10-16-14(15(18)19)11-12-6-8-13(17)9-7-12/h6-9,14,16-17H,2-5,10-11H2,1H3,(H,18,19). The number of carbonyl (C=O) groups is 1. The number of phenolic OH excluding ortho intramolecular Hbond substituents is 1. The third-order valence-electron chi connectivity index (χ3n) is 3.10. The normalized spacial score (nSPS) is 12.3. The number of aromatic hydroxyl groups is 1. The third-order valence-corrected chi connectivity index (χ3v) is 3.10. The van der Waals surface area contributed by atoms with Crippen molar-refractivity contribution in [3.63, 3.8) is 0 Å². The quantitative estimate of drug-likeness (QED) is 0.600. The maximum Gasteiger partial charge on any atom is 0.321 e. The lowest BCUT2D eigenvalue weighted by Crippen LogP contribution is -2.39. The molecule has 0 bridgehead atoms. The Labute approximate surface area is 114 Å². The molecular formula is C15H23NO3. The van der Waals surface area contributed by atoms with Crippen molar-refractivity contribution in [2.75, 3.05) is 6.54 Å². The Hall–Kier alpha value is -1.55. The van der Waals surface area contributed by atoms with Gasteiger partial charge in [0.15, 0.2) is 0 Å². The van der Waals surface area contributed by atoms with Gasteiger partial charge in [0.05, 0.1) is 0 Å². The Bertz CT molecular complexity index is 375. The van der Waals surface area contributed by atoms with Crippen molar-refractivity contribution >= 4 is 5.97 Å². The Morgan fingerprint density at radius 3 is 2.47 bits per heavy atom. The summed E-state index contributed by atoms with van der Waals surface area (Å²) < 4.78 is 0. The van der Waals surface area contributed by atoms with Gasteiger partial charge in [-0.1, -0.05) is 38.3 Å². The molecule has 1 aromatic rings. The monoisotopic (exact) mass is 265 g/mol. The van der Waals surface area contributed by atoms with Gasteiger partial charge < -0.3 is 15.5 Å². The molecular weight excluding hydrogens is 242 g/mol. The number of hydrogen-bond acceptors (Lipinski definition) is 3. The van der Waals surface area contributed by atoms with Gasteiger partial charge >= 0.3 is 5.97 Å². The lowest BCUT2D eigenvalue weighted by Gasteiger charge is -2.14. The Morgan fingerprint density at radius 2 is 1.89 bits per heavy atom. The minimum absolute atomic E-state index is 0.197. The first-order valence-electron chi connectivity index (χ1n) is 6.87. The molecule has 0 saturated carbocycles. The molecule has 0 aliphatic rings. The Morgan fingerprint density at radius 1 is 1.21 bits per heavy atom. The van der Waals surface area contributed by atoms with Gasteiger partial charge in [-0.05, 0) is 37.1 Å². The summed E-state index contributed by atoms with van der Waals surface area (Å²) in [6.45, 7) is 2.88. The van der Waals surface area contributed by atoms with E-state index in [-0.39, 0.29) is 5.75 Å². The first kappa shape index (κ1) is 15.5. The summed E-state index contributed by atoms with van der Waals surface area (Å²) in [6.07, 6.45) is 4.94. The van der Waals surface area contributed by atoms with Crippen LogP contribution in [0.4, 0.5) is 0 Å². The highest BCUT2D eigenvalue weighted by atomic mass is 16.4. The van der Waals surface area contributed by atoms with Gasteiger partial charge in [0.1, 0.15) is 11.8 Å². The fraction of sp³-hybridized carbons (Fsp3) is 0.533. The van der Waals surface area contributed by atoms with Crippen molar-refractivity contribution in [1.82, 2.24) is 5.32 Å². The largest absolute Gasteiger partial charge is 0.508 e. The highest BCUT2D eigenvalue weighted by molar-refractivity contribution is 5.73. The first-order chi connectivity index (χ1) is 9.13. The van der Waals surface area contributed by atoms with Gasteiger partial charge in [-0.25, -0.2) is 0 Å². The zero-order valence-electron chi connectivity index (χ0n) is 11.4. The minimum Gasteiger partial charge on any atom is -0.508 e. The Balaban J connectivity index is 2.40. The van der Waals surface area contributed by atoms with E-state index < -0.39 is 12.0 Å². The van der Waals surface area contributed by atoms with E-state index in [0.29, 0.717) is 6.42 Å². The summed E-state index contributed by atoms with van der Waals surface area (Å²) in [5, 5.41) is 21.5. The highest BCUT2D eigenvalue weighted by Crippen LogP contribution is 2.11. The first-order valence-corrected chi connectivity index (χ1v) is 6.87. The second-order valence-electron chi connectivity index (χ2n) is 4.78.